The van der Waals surface area contributed by atoms with Crippen LogP contribution in [0, 0.1) is 40.5 Å². The van der Waals surface area contributed by atoms with Gasteiger partial charge in [-0.1, -0.05) is 72.8 Å². The van der Waals surface area contributed by atoms with Crippen molar-refractivity contribution in [3.63, 3.8) is 0 Å². The third-order valence-electron chi connectivity index (χ3n) is 10.1. The molecular weight excluding hydrogens is 835 g/mol. The summed E-state index contributed by atoms with van der Waals surface area (Å²) in [5.41, 5.74) is 2.51. The van der Waals surface area contributed by atoms with E-state index in [9.17, 15) is 40.5 Å². The first-order chi connectivity index (χ1) is 30.1. The summed E-state index contributed by atoms with van der Waals surface area (Å²) in [6, 6.07) is 30.7. The van der Waals surface area contributed by atoms with Crippen LogP contribution in [-0.4, -0.2) is 29.7 Å². The molecule has 9 rings (SSSR count). The molecule has 0 fully saturated rings. The third kappa shape index (κ3) is 7.14. The molecule has 0 radical (unpaired) electrons. The molecule has 62 heavy (non-hydrogen) atoms. The SMILES string of the molecule is O=[N+]([O-])c1ccccc1-c1c2nc(c(-c3ccccc3[N+](=O)[O-])c3ccc([n-]3)c(-c3ccccc3[N+](=O)[O-])c3nc(c(-c4ccccc4[N+](=O)[O-])c4ccc1[n-]4)C=C3)C=C2.[O]=[V+2]. The first-order valence-electron chi connectivity index (χ1n) is 18.3. The van der Waals surface area contributed by atoms with Crippen LogP contribution in [0.25, 0.3) is 90.9 Å². The van der Waals surface area contributed by atoms with Crippen molar-refractivity contribution in [2.24, 2.45) is 0 Å². The van der Waals surface area contributed by atoms with Gasteiger partial charge in [-0.3, -0.25) is 40.5 Å². The van der Waals surface area contributed by atoms with Crippen molar-refractivity contribution in [3.8, 4) is 44.5 Å². The van der Waals surface area contributed by atoms with E-state index in [1.54, 1.807) is 97.1 Å². The summed E-state index contributed by atoms with van der Waals surface area (Å²) in [4.78, 5) is 67.7. The molecule has 18 heteroatoms. The Kier molecular flexibility index (Phi) is 10.8. The Balaban J connectivity index is 0.00000261. The fourth-order valence-corrected chi connectivity index (χ4v) is 7.57. The van der Waals surface area contributed by atoms with Gasteiger partial charge >= 0.3 is 21.0 Å². The van der Waals surface area contributed by atoms with E-state index < -0.39 is 19.7 Å². The van der Waals surface area contributed by atoms with Crippen LogP contribution in [0.3, 0.4) is 0 Å². The predicted octanol–water partition coefficient (Wildman–Crippen LogP) is 10.1. The molecule has 0 saturated carbocycles. The van der Waals surface area contributed by atoms with Gasteiger partial charge in [0.2, 0.25) is 0 Å². The zero-order valence-corrected chi connectivity index (χ0v) is 33.0. The molecule has 0 N–H and O–H groups in total. The number of nitrogens with zero attached hydrogens (tertiary/aromatic N) is 8. The Labute approximate surface area is 357 Å². The zero-order chi connectivity index (χ0) is 43.7. The molecule has 8 bridgehead atoms. The van der Waals surface area contributed by atoms with Gasteiger partial charge in [-0.05, 0) is 70.8 Å². The first kappa shape index (κ1) is 40.3. The van der Waals surface area contributed by atoms with Crippen LogP contribution in [0.15, 0.2) is 121 Å². The van der Waals surface area contributed by atoms with Crippen molar-refractivity contribution in [2.45, 2.75) is 0 Å². The van der Waals surface area contributed by atoms with Gasteiger partial charge in [0, 0.05) is 24.3 Å². The molecule has 0 amide bonds. The Bertz CT molecular complexity index is 2860. The molecule has 299 valence electrons. The van der Waals surface area contributed by atoms with E-state index in [4.69, 9.17) is 23.6 Å². The molecule has 3 aromatic heterocycles. The van der Waals surface area contributed by atoms with Crippen LogP contribution in [0.1, 0.15) is 22.8 Å². The predicted molar refractivity (Wildman–Crippen MR) is 226 cm³/mol. The van der Waals surface area contributed by atoms with Gasteiger partial charge in [0.15, 0.2) is 0 Å². The third-order valence-corrected chi connectivity index (χ3v) is 10.1. The number of para-hydroxylation sites is 4. The van der Waals surface area contributed by atoms with E-state index >= 15 is 0 Å². The molecule has 4 aromatic carbocycles. The number of nitro groups is 4. The van der Waals surface area contributed by atoms with Gasteiger partial charge < -0.3 is 9.97 Å². The number of benzene rings is 4. The van der Waals surface area contributed by atoms with Crippen LogP contribution >= 0.6 is 0 Å². The number of hydrogen-bond acceptors (Lipinski definition) is 11. The van der Waals surface area contributed by atoms with Crippen molar-refractivity contribution in [1.29, 1.82) is 0 Å². The summed E-state index contributed by atoms with van der Waals surface area (Å²) >= 11 is 1.06. The number of hydrogen-bond donors (Lipinski definition) is 0. The minimum atomic E-state index is -0.527. The van der Waals surface area contributed by atoms with E-state index in [1.807, 2.05) is 0 Å². The summed E-state index contributed by atoms with van der Waals surface area (Å²) in [5.74, 6) is 0. The number of fused-ring (bicyclic) bond motifs is 8. The molecule has 7 aromatic rings. The van der Waals surface area contributed by atoms with Crippen molar-refractivity contribution in [1.82, 2.24) is 19.9 Å². The second-order valence-corrected chi connectivity index (χ2v) is 13.5. The van der Waals surface area contributed by atoms with Gasteiger partial charge in [-0.15, -0.1) is 22.1 Å². The molecule has 17 nitrogen and oxygen atoms in total. The van der Waals surface area contributed by atoms with Gasteiger partial charge in [0.25, 0.3) is 22.7 Å². The van der Waals surface area contributed by atoms with Crippen LogP contribution in [-0.2, 0) is 21.0 Å². The van der Waals surface area contributed by atoms with Gasteiger partial charge in [0.1, 0.15) is 0 Å². The Morgan fingerprint density at radius 1 is 0.355 bits per heavy atom. The zero-order valence-electron chi connectivity index (χ0n) is 31.6. The topological polar surface area (TPSA) is 244 Å². The summed E-state index contributed by atoms with van der Waals surface area (Å²) in [7, 11) is 0. The average Bonchev–Trinajstić information content (AvgIpc) is 4.13. The summed E-state index contributed by atoms with van der Waals surface area (Å²) < 4.78 is 8.19. The van der Waals surface area contributed by atoms with Crippen molar-refractivity contribution in [2.75, 3.05) is 0 Å². The molecule has 0 spiro atoms. The van der Waals surface area contributed by atoms with Crippen molar-refractivity contribution in [3.05, 3.63) is 185 Å². The van der Waals surface area contributed by atoms with E-state index in [-0.39, 0.29) is 112 Å². The van der Waals surface area contributed by atoms with E-state index in [0.29, 0.717) is 0 Å². The van der Waals surface area contributed by atoms with Crippen LogP contribution < -0.4 is 9.97 Å². The fourth-order valence-electron chi connectivity index (χ4n) is 7.57. The van der Waals surface area contributed by atoms with E-state index in [2.05, 4.69) is 0 Å². The quantitative estimate of drug-likeness (QED) is 0.102. The Morgan fingerprint density at radius 3 is 0.774 bits per heavy atom. The average molecular weight is 860 g/mol. The van der Waals surface area contributed by atoms with Gasteiger partial charge in [-0.2, -0.15) is 0 Å². The maximum absolute atomic E-state index is 12.5. The summed E-state index contributed by atoms with van der Waals surface area (Å²) in [5, 5.41) is 49.9. The minimum absolute atomic E-state index is 0.170. The molecule has 0 unspecified atom stereocenters. The number of aromatic nitrogens is 4. The first-order valence-corrected chi connectivity index (χ1v) is 18.8. The van der Waals surface area contributed by atoms with E-state index in [0.717, 1.165) is 17.4 Å². The standard InChI is InChI=1S/C44H24N8O8.O.V/c53-49(54)37-13-5-1-9-25(37)41-29-17-19-31(45-29)42(26-10-2-6-14-38(26)50(55)56)33-21-23-35(47-33)44(28-12-4-8-16-40(28)52(59)60)36-24-22-34(48-36)43(32-20-18-30(41)46-32)27-11-3-7-15-39(27)51(57)58;;/h1-24H;;/q-2;;+2. The monoisotopic (exact) mass is 859 g/mol. The van der Waals surface area contributed by atoms with Gasteiger partial charge in [-0.25, -0.2) is 9.97 Å². The van der Waals surface area contributed by atoms with Gasteiger partial charge in [0.05, 0.1) is 64.7 Å². The molecular formula is C44H24N8O9V. The van der Waals surface area contributed by atoms with Crippen LogP contribution in [0.5, 0.6) is 0 Å². The van der Waals surface area contributed by atoms with Crippen LogP contribution in [0.4, 0.5) is 22.7 Å². The molecule has 0 atom stereocenters. The Morgan fingerprint density at radius 2 is 0.565 bits per heavy atom. The van der Waals surface area contributed by atoms with Crippen LogP contribution in [0.2, 0.25) is 0 Å². The second-order valence-electron chi connectivity index (χ2n) is 13.5. The normalized spacial score (nSPS) is 11.5. The van der Waals surface area contributed by atoms with Crippen molar-refractivity contribution < 1.29 is 40.7 Å². The molecule has 2 aliphatic rings. The summed E-state index contributed by atoms with van der Waals surface area (Å²) in [6.45, 7) is 0. The molecule has 2 aliphatic heterocycles. The summed E-state index contributed by atoms with van der Waals surface area (Å²) in [6.07, 6.45) is 6.48. The molecule has 0 saturated heterocycles. The number of nitro benzene ring substituents is 4. The second kappa shape index (κ2) is 16.6. The molecule has 5 heterocycles. The maximum atomic E-state index is 12.5. The van der Waals surface area contributed by atoms with E-state index in [1.165, 1.54) is 48.5 Å². The fraction of sp³-hybridized carbons (Fsp3) is 0. The van der Waals surface area contributed by atoms with Crippen molar-refractivity contribution >= 4 is 69.1 Å². The Hall–Kier alpha value is -8.54. The molecule has 0 aliphatic carbocycles. The number of rotatable bonds is 8.